The average Bonchev–Trinajstić information content (AvgIpc) is 3.15. The minimum Gasteiger partial charge on any atom is -0.508 e. The third-order valence-electron chi connectivity index (χ3n) is 5.63. The molecule has 2 aromatic heterocycles. The lowest BCUT2D eigenvalue weighted by Gasteiger charge is -2.14. The van der Waals surface area contributed by atoms with E-state index in [9.17, 15) is 5.11 Å². The summed E-state index contributed by atoms with van der Waals surface area (Å²) in [6.07, 6.45) is 1.49. The highest BCUT2D eigenvalue weighted by Crippen LogP contribution is 2.35. The highest BCUT2D eigenvalue weighted by atomic mass is 35.5. The summed E-state index contributed by atoms with van der Waals surface area (Å²) in [6, 6.07) is 17.0. The zero-order valence-corrected chi connectivity index (χ0v) is 19.8. The van der Waals surface area contributed by atoms with E-state index in [4.69, 9.17) is 9.47 Å². The molecule has 0 radical (unpaired) electrons. The molecule has 0 aliphatic heterocycles. The van der Waals surface area contributed by atoms with Crippen LogP contribution in [0.4, 0.5) is 11.5 Å². The summed E-state index contributed by atoms with van der Waals surface area (Å²) in [7, 11) is 3.57. The fourth-order valence-electron chi connectivity index (χ4n) is 3.73. The van der Waals surface area contributed by atoms with Crippen LogP contribution in [0.3, 0.4) is 0 Å². The van der Waals surface area contributed by atoms with E-state index in [0.717, 1.165) is 33.5 Å². The van der Waals surface area contributed by atoms with Crippen LogP contribution in [-0.2, 0) is 13.7 Å². The van der Waals surface area contributed by atoms with Crippen LogP contribution in [0.2, 0.25) is 0 Å². The SMILES string of the molecule is COc1cc2c(Nc3ccc(C)c(O)c3)ncnc2cc1OCc1nc2ccccc2n1C.Cl. The lowest BCUT2D eigenvalue weighted by molar-refractivity contribution is 0.274. The van der Waals surface area contributed by atoms with Gasteiger partial charge in [0.05, 0.1) is 23.7 Å². The van der Waals surface area contributed by atoms with E-state index in [1.807, 2.05) is 67.1 Å². The van der Waals surface area contributed by atoms with Gasteiger partial charge in [0.1, 0.15) is 30.3 Å². The van der Waals surface area contributed by atoms with Gasteiger partial charge in [0, 0.05) is 30.3 Å². The number of nitrogens with one attached hydrogen (secondary N) is 1. The van der Waals surface area contributed by atoms with Gasteiger partial charge in [-0.3, -0.25) is 0 Å². The maximum atomic E-state index is 10.0. The van der Waals surface area contributed by atoms with Gasteiger partial charge in [0.15, 0.2) is 11.5 Å². The van der Waals surface area contributed by atoms with Crippen molar-refractivity contribution in [2.75, 3.05) is 12.4 Å². The van der Waals surface area contributed by atoms with Crippen molar-refractivity contribution in [1.82, 2.24) is 19.5 Å². The van der Waals surface area contributed by atoms with E-state index in [-0.39, 0.29) is 24.8 Å². The van der Waals surface area contributed by atoms with Gasteiger partial charge in [-0.25, -0.2) is 15.0 Å². The van der Waals surface area contributed by atoms with E-state index in [2.05, 4.69) is 20.3 Å². The average molecular weight is 478 g/mol. The normalized spacial score (nSPS) is 10.8. The van der Waals surface area contributed by atoms with Crippen molar-refractivity contribution in [3.05, 3.63) is 72.3 Å². The topological polar surface area (TPSA) is 94.3 Å². The van der Waals surface area contributed by atoms with Gasteiger partial charge in [-0.2, -0.15) is 0 Å². The Bertz CT molecular complexity index is 1480. The van der Waals surface area contributed by atoms with Crippen molar-refractivity contribution < 1.29 is 14.6 Å². The van der Waals surface area contributed by atoms with Crippen molar-refractivity contribution in [3.8, 4) is 17.2 Å². The molecule has 0 aliphatic carbocycles. The third kappa shape index (κ3) is 4.27. The minimum atomic E-state index is 0. The molecule has 0 saturated heterocycles. The van der Waals surface area contributed by atoms with Gasteiger partial charge in [-0.1, -0.05) is 18.2 Å². The second kappa shape index (κ2) is 9.44. The number of methoxy groups -OCH3 is 1. The predicted octanol–water partition coefficient (Wildman–Crippen LogP) is 5.28. The van der Waals surface area contributed by atoms with Crippen LogP contribution in [0.1, 0.15) is 11.4 Å². The van der Waals surface area contributed by atoms with E-state index >= 15 is 0 Å². The number of imidazole rings is 1. The number of phenolic OH excluding ortho intramolecular Hbond substituents is 1. The number of phenols is 1. The van der Waals surface area contributed by atoms with Gasteiger partial charge in [0.25, 0.3) is 0 Å². The smallest absolute Gasteiger partial charge is 0.164 e. The number of anilines is 2. The molecule has 0 atom stereocenters. The first-order valence-corrected chi connectivity index (χ1v) is 10.5. The molecule has 0 saturated carbocycles. The fraction of sp³-hybridized carbons (Fsp3) is 0.160. The Kier molecular flexibility index (Phi) is 6.43. The summed E-state index contributed by atoms with van der Waals surface area (Å²) in [5.41, 5.74) is 4.20. The molecule has 0 unspecified atom stereocenters. The number of nitrogens with zero attached hydrogens (tertiary/aromatic N) is 4. The molecule has 0 spiro atoms. The Hall–Kier alpha value is -4.04. The number of halogens is 1. The third-order valence-corrected chi connectivity index (χ3v) is 5.63. The first-order chi connectivity index (χ1) is 16.0. The molecule has 174 valence electrons. The molecule has 34 heavy (non-hydrogen) atoms. The number of aromatic hydroxyl groups is 1. The first-order valence-electron chi connectivity index (χ1n) is 10.5. The maximum Gasteiger partial charge on any atom is 0.164 e. The van der Waals surface area contributed by atoms with Gasteiger partial charge in [-0.15, -0.1) is 12.4 Å². The largest absolute Gasteiger partial charge is 0.508 e. The standard InChI is InChI=1S/C25H23N5O3.ClH/c1-15-8-9-16(10-21(15)31)28-25-17-11-22(32-3)23(12-19(17)26-14-27-25)33-13-24-29-18-6-4-5-7-20(18)30(24)2;/h4-12,14,31H,13H2,1-3H3,(H,26,27,28);1H. The molecule has 0 fully saturated rings. The number of hydrogen-bond donors (Lipinski definition) is 2. The molecule has 2 N–H and O–H groups in total. The summed E-state index contributed by atoms with van der Waals surface area (Å²) < 4.78 is 13.7. The number of fused-ring (bicyclic) bond motifs is 2. The van der Waals surface area contributed by atoms with Gasteiger partial charge < -0.3 is 24.5 Å². The number of aryl methyl sites for hydroxylation is 2. The minimum absolute atomic E-state index is 0. The quantitative estimate of drug-likeness (QED) is 0.343. The molecule has 5 rings (SSSR count). The number of benzene rings is 3. The van der Waals surface area contributed by atoms with Crippen LogP contribution in [0.15, 0.2) is 60.9 Å². The number of hydrogen-bond acceptors (Lipinski definition) is 7. The number of ether oxygens (including phenoxy) is 2. The summed E-state index contributed by atoms with van der Waals surface area (Å²) in [5, 5.41) is 14.0. The van der Waals surface area contributed by atoms with Crippen molar-refractivity contribution in [2.45, 2.75) is 13.5 Å². The van der Waals surface area contributed by atoms with Crippen LogP contribution in [0.5, 0.6) is 17.2 Å². The van der Waals surface area contributed by atoms with Crippen LogP contribution < -0.4 is 14.8 Å². The van der Waals surface area contributed by atoms with Crippen molar-refractivity contribution in [1.29, 1.82) is 0 Å². The summed E-state index contributed by atoms with van der Waals surface area (Å²) in [5.74, 6) is 2.75. The Labute approximate surface area is 202 Å². The lowest BCUT2D eigenvalue weighted by Crippen LogP contribution is -2.05. The summed E-state index contributed by atoms with van der Waals surface area (Å²) in [6.45, 7) is 2.13. The Morgan fingerprint density at radius 2 is 1.82 bits per heavy atom. The second-order valence-corrected chi connectivity index (χ2v) is 7.73. The molecule has 3 aromatic carbocycles. The second-order valence-electron chi connectivity index (χ2n) is 7.73. The fourth-order valence-corrected chi connectivity index (χ4v) is 3.73. The van der Waals surface area contributed by atoms with Crippen molar-refractivity contribution in [2.24, 2.45) is 7.05 Å². The van der Waals surface area contributed by atoms with Gasteiger partial charge in [-0.05, 0) is 36.8 Å². The van der Waals surface area contributed by atoms with Crippen LogP contribution in [0.25, 0.3) is 21.9 Å². The van der Waals surface area contributed by atoms with Crippen molar-refractivity contribution in [3.63, 3.8) is 0 Å². The molecule has 2 heterocycles. The van der Waals surface area contributed by atoms with E-state index in [1.54, 1.807) is 13.2 Å². The van der Waals surface area contributed by atoms with Crippen molar-refractivity contribution >= 4 is 45.8 Å². The van der Waals surface area contributed by atoms with Gasteiger partial charge >= 0.3 is 0 Å². The molecule has 0 bridgehead atoms. The zero-order chi connectivity index (χ0) is 22.9. The molecular weight excluding hydrogens is 454 g/mol. The Morgan fingerprint density at radius 1 is 1.00 bits per heavy atom. The first kappa shape index (κ1) is 23.1. The van der Waals surface area contributed by atoms with Crippen LogP contribution in [0, 0.1) is 6.92 Å². The van der Waals surface area contributed by atoms with E-state index in [0.29, 0.717) is 22.8 Å². The molecule has 5 aromatic rings. The molecule has 0 amide bonds. The predicted molar refractivity (Wildman–Crippen MR) is 135 cm³/mol. The van der Waals surface area contributed by atoms with E-state index in [1.165, 1.54) is 6.33 Å². The molecule has 9 heteroatoms. The molecule has 0 aliphatic rings. The molecular formula is C25H24ClN5O3. The number of aromatic nitrogens is 4. The highest BCUT2D eigenvalue weighted by Gasteiger charge is 2.14. The molecule has 8 nitrogen and oxygen atoms in total. The Balaban J connectivity index is 0.00000274. The van der Waals surface area contributed by atoms with Crippen LogP contribution in [-0.4, -0.2) is 31.7 Å². The summed E-state index contributed by atoms with van der Waals surface area (Å²) >= 11 is 0. The number of rotatable bonds is 6. The summed E-state index contributed by atoms with van der Waals surface area (Å²) in [4.78, 5) is 13.4. The monoisotopic (exact) mass is 477 g/mol. The highest BCUT2D eigenvalue weighted by molar-refractivity contribution is 5.93. The lowest BCUT2D eigenvalue weighted by atomic mass is 10.2. The van der Waals surface area contributed by atoms with E-state index < -0.39 is 0 Å². The number of para-hydroxylation sites is 2. The Morgan fingerprint density at radius 3 is 2.59 bits per heavy atom. The zero-order valence-electron chi connectivity index (χ0n) is 18.9. The van der Waals surface area contributed by atoms with Gasteiger partial charge in [0.2, 0.25) is 0 Å². The van der Waals surface area contributed by atoms with Crippen LogP contribution >= 0.6 is 12.4 Å². The maximum absolute atomic E-state index is 10.0.